The molecule has 3 heterocycles. The summed E-state index contributed by atoms with van der Waals surface area (Å²) in [6.07, 6.45) is 1.17. The monoisotopic (exact) mass is 749 g/mol. The fourth-order valence-electron chi connectivity index (χ4n) is 7.72. The van der Waals surface area contributed by atoms with Crippen molar-refractivity contribution in [2.45, 2.75) is 69.7 Å². The number of urea groups is 1. The number of piperidine rings is 1. The van der Waals surface area contributed by atoms with E-state index in [0.717, 1.165) is 71.4 Å². The number of esters is 1. The molecule has 3 N–H and O–H groups in total. The summed E-state index contributed by atoms with van der Waals surface area (Å²) in [5.74, 6) is -0.849. The number of carbonyl (C=O) groups is 2. The first-order valence-corrected chi connectivity index (χ1v) is 19.2. The largest absolute Gasteiger partial charge is 0.467 e. The molecule has 0 bridgehead atoms. The van der Waals surface area contributed by atoms with Gasteiger partial charge in [-0.25, -0.2) is 9.59 Å². The van der Waals surface area contributed by atoms with Crippen molar-refractivity contribution < 1.29 is 38.4 Å². The van der Waals surface area contributed by atoms with Crippen LogP contribution in [0.1, 0.15) is 60.0 Å². The molecule has 11 heteroatoms. The molecule has 3 aliphatic heterocycles. The molecule has 5 unspecified atom stereocenters. The molecule has 11 nitrogen and oxygen atoms in total. The summed E-state index contributed by atoms with van der Waals surface area (Å²) in [4.78, 5) is 27.7. The van der Waals surface area contributed by atoms with Crippen molar-refractivity contribution in [2.24, 2.45) is 5.92 Å². The van der Waals surface area contributed by atoms with Crippen molar-refractivity contribution in [1.82, 2.24) is 15.5 Å². The lowest BCUT2D eigenvalue weighted by atomic mass is 9.89. The van der Waals surface area contributed by atoms with Gasteiger partial charge in [-0.2, -0.15) is 0 Å². The molecule has 55 heavy (non-hydrogen) atoms. The summed E-state index contributed by atoms with van der Waals surface area (Å²) < 4.78 is 30.4. The number of carbonyl (C=O) groups excluding carboxylic acids is 2. The van der Waals surface area contributed by atoms with E-state index in [1.807, 2.05) is 78.9 Å². The third-order valence-electron chi connectivity index (χ3n) is 11.0. The lowest BCUT2D eigenvalue weighted by Gasteiger charge is -2.44. The van der Waals surface area contributed by atoms with Gasteiger partial charge in [-0.1, -0.05) is 104 Å². The fourth-order valence-corrected chi connectivity index (χ4v) is 7.72. The molecule has 0 aliphatic carbocycles. The van der Waals surface area contributed by atoms with E-state index in [0.29, 0.717) is 19.6 Å². The van der Waals surface area contributed by atoms with Crippen LogP contribution in [0.25, 0.3) is 11.1 Å². The number of hydrogen-bond acceptors (Lipinski definition) is 9. The van der Waals surface area contributed by atoms with Gasteiger partial charge in [0.1, 0.15) is 6.04 Å². The Bertz CT molecular complexity index is 1860. The Balaban J connectivity index is 1.01. The molecule has 0 saturated carbocycles. The zero-order valence-electron chi connectivity index (χ0n) is 31.5. The van der Waals surface area contributed by atoms with Crippen LogP contribution >= 0.6 is 0 Å². The topological polar surface area (TPSA) is 128 Å². The predicted octanol–water partition coefficient (Wildman–Crippen LogP) is 6.06. The second-order valence-electron chi connectivity index (χ2n) is 14.6. The number of benzene rings is 4. The summed E-state index contributed by atoms with van der Waals surface area (Å²) >= 11 is 0. The lowest BCUT2D eigenvalue weighted by Crippen LogP contribution is -2.50. The van der Waals surface area contributed by atoms with E-state index in [1.165, 1.54) is 7.11 Å². The Morgan fingerprint density at radius 3 is 2.22 bits per heavy atom. The smallest absolute Gasteiger partial charge is 0.328 e. The molecule has 4 aromatic rings. The maximum absolute atomic E-state index is 12.9. The highest BCUT2D eigenvalue weighted by Gasteiger charge is 2.43. The van der Waals surface area contributed by atoms with E-state index in [1.54, 1.807) is 0 Å². The molecule has 5 atom stereocenters. The van der Waals surface area contributed by atoms with Gasteiger partial charge in [0.05, 0.1) is 39.1 Å². The predicted molar refractivity (Wildman–Crippen MR) is 206 cm³/mol. The van der Waals surface area contributed by atoms with E-state index in [-0.39, 0.29) is 31.3 Å². The molecule has 2 amide bonds. The maximum atomic E-state index is 12.9. The van der Waals surface area contributed by atoms with Gasteiger partial charge in [0, 0.05) is 56.9 Å². The normalized spacial score (nSPS) is 22.9. The van der Waals surface area contributed by atoms with Crippen LogP contribution in [-0.4, -0.2) is 79.9 Å². The summed E-state index contributed by atoms with van der Waals surface area (Å²) in [5, 5.41) is 15.3. The highest BCUT2D eigenvalue weighted by molar-refractivity contribution is 5.83. The van der Waals surface area contributed by atoms with E-state index < -0.39 is 30.1 Å². The summed E-state index contributed by atoms with van der Waals surface area (Å²) in [5.41, 5.74) is 6.69. The lowest BCUT2D eigenvalue weighted by molar-refractivity contribution is -0.278. The summed E-state index contributed by atoms with van der Waals surface area (Å²) in [7, 11) is 1.31. The molecule has 7 rings (SSSR count). The van der Waals surface area contributed by atoms with Gasteiger partial charge in [0.15, 0.2) is 12.1 Å². The minimum atomic E-state index is -0.811. The molecular weight excluding hydrogens is 698 g/mol. The Labute approximate surface area is 322 Å². The minimum Gasteiger partial charge on any atom is -0.467 e. The minimum absolute atomic E-state index is 0.00659. The van der Waals surface area contributed by atoms with Crippen LogP contribution in [0.5, 0.6) is 0 Å². The standard InChI is InChI=1S/C44H51N3O8/c1-30-39(28-47-21-19-44(20-22-47)52-23-24-53-44)54-42(55-40(30)35-13-11-32(29-48)12-14-35)36-17-15-34(16-18-36)37-10-6-9-33(25-37)27-45-43(50)46-38(41(49)51-2)26-31-7-4-3-5-8-31/h3-18,25,30,38-40,42,48H,19-24,26-29H2,1-2H3,(H2,45,46,50). The molecule has 4 aromatic carbocycles. The molecule has 290 valence electrons. The first kappa shape index (κ1) is 38.6. The van der Waals surface area contributed by atoms with Crippen LogP contribution in [0.15, 0.2) is 103 Å². The second kappa shape index (κ2) is 17.9. The number of amides is 2. The van der Waals surface area contributed by atoms with Crippen molar-refractivity contribution in [3.8, 4) is 11.1 Å². The number of rotatable bonds is 12. The number of nitrogens with one attached hydrogen (secondary N) is 2. The SMILES string of the molecule is COC(=O)C(Cc1ccccc1)NC(=O)NCc1cccc(-c2ccc(C3OC(CN4CCC5(CC4)OCCO5)C(C)C(c4ccc(CO)cc4)O3)cc2)c1. The van der Waals surface area contributed by atoms with Crippen molar-refractivity contribution in [2.75, 3.05) is 40.0 Å². The molecular formula is C44H51N3O8. The first-order chi connectivity index (χ1) is 26.8. The number of hydrogen-bond donors (Lipinski definition) is 3. The number of ether oxygens (including phenoxy) is 5. The highest BCUT2D eigenvalue weighted by Crippen LogP contribution is 2.43. The van der Waals surface area contributed by atoms with Crippen LogP contribution in [0.3, 0.4) is 0 Å². The van der Waals surface area contributed by atoms with E-state index in [2.05, 4.69) is 46.7 Å². The van der Waals surface area contributed by atoms with Crippen LogP contribution < -0.4 is 10.6 Å². The van der Waals surface area contributed by atoms with Gasteiger partial charge in [-0.3, -0.25) is 0 Å². The van der Waals surface area contributed by atoms with Gasteiger partial charge < -0.3 is 44.3 Å². The third kappa shape index (κ3) is 9.61. The number of methoxy groups -OCH3 is 1. The van der Waals surface area contributed by atoms with Crippen LogP contribution in [0.4, 0.5) is 4.79 Å². The molecule has 3 saturated heterocycles. The van der Waals surface area contributed by atoms with Gasteiger partial charge in [0.25, 0.3) is 0 Å². The zero-order valence-corrected chi connectivity index (χ0v) is 31.5. The molecule has 0 aromatic heterocycles. The number of aliphatic hydroxyl groups is 1. The van der Waals surface area contributed by atoms with Crippen molar-refractivity contribution in [1.29, 1.82) is 0 Å². The summed E-state index contributed by atoms with van der Waals surface area (Å²) in [6, 6.07) is 32.4. The van der Waals surface area contributed by atoms with E-state index in [4.69, 9.17) is 23.7 Å². The van der Waals surface area contributed by atoms with Crippen molar-refractivity contribution in [3.63, 3.8) is 0 Å². The molecule has 3 aliphatic rings. The number of nitrogens with zero attached hydrogens (tertiary/aromatic N) is 1. The van der Waals surface area contributed by atoms with Gasteiger partial charge in [-0.05, 0) is 39.4 Å². The van der Waals surface area contributed by atoms with Crippen LogP contribution in [-0.2, 0) is 48.1 Å². The van der Waals surface area contributed by atoms with E-state index >= 15 is 0 Å². The zero-order chi connectivity index (χ0) is 38.2. The van der Waals surface area contributed by atoms with Gasteiger partial charge in [-0.15, -0.1) is 0 Å². The van der Waals surface area contributed by atoms with Crippen molar-refractivity contribution >= 4 is 12.0 Å². The molecule has 0 radical (unpaired) electrons. The molecule has 1 spiro atoms. The fraction of sp³-hybridized carbons (Fsp3) is 0.409. The van der Waals surface area contributed by atoms with Crippen LogP contribution in [0.2, 0.25) is 0 Å². The number of likely N-dealkylation sites (tertiary alicyclic amines) is 1. The third-order valence-corrected chi connectivity index (χ3v) is 11.0. The average molecular weight is 750 g/mol. The Hall–Kier alpha value is -4.62. The van der Waals surface area contributed by atoms with E-state index in [9.17, 15) is 14.7 Å². The van der Waals surface area contributed by atoms with Crippen molar-refractivity contribution in [3.05, 3.63) is 131 Å². The van der Waals surface area contributed by atoms with Crippen LogP contribution in [0, 0.1) is 5.92 Å². The summed E-state index contributed by atoms with van der Waals surface area (Å²) in [6.45, 7) is 6.32. The Morgan fingerprint density at radius 2 is 1.53 bits per heavy atom. The maximum Gasteiger partial charge on any atom is 0.328 e. The quantitative estimate of drug-likeness (QED) is 0.148. The molecule has 3 fully saturated rings. The Morgan fingerprint density at radius 1 is 0.836 bits per heavy atom. The highest BCUT2D eigenvalue weighted by atomic mass is 16.7. The second-order valence-corrected chi connectivity index (χ2v) is 14.6. The first-order valence-electron chi connectivity index (χ1n) is 19.2. The number of aliphatic hydroxyl groups excluding tert-OH is 1. The average Bonchev–Trinajstić information content (AvgIpc) is 3.69. The Kier molecular flexibility index (Phi) is 12.6. The van der Waals surface area contributed by atoms with Gasteiger partial charge >= 0.3 is 12.0 Å². The van der Waals surface area contributed by atoms with Gasteiger partial charge in [0.2, 0.25) is 0 Å².